The summed E-state index contributed by atoms with van der Waals surface area (Å²) < 4.78 is 0. The van der Waals surface area contributed by atoms with E-state index in [0.717, 1.165) is 0 Å². The number of rotatable bonds is 0. The summed E-state index contributed by atoms with van der Waals surface area (Å²) in [5.74, 6) is -0.146. The summed E-state index contributed by atoms with van der Waals surface area (Å²) >= 11 is 5.35. The highest BCUT2D eigenvalue weighted by Crippen LogP contribution is 2.25. The maximum atomic E-state index is 8.77. The Bertz CT molecular complexity index is 222. The van der Waals surface area contributed by atoms with Crippen LogP contribution >= 0.6 is 11.6 Å². The average Bonchev–Trinajstić information content (AvgIpc) is 1.80. The molecule has 0 atom stereocenters. The van der Waals surface area contributed by atoms with E-state index < -0.39 is 0 Å². The first-order chi connectivity index (χ1) is 4.20. The highest BCUT2D eigenvalue weighted by atomic mass is 35.5. The molecule has 1 aromatic rings. The quantitative estimate of drug-likeness (QED) is 0.541. The standard InChI is InChI=1S/C6H4ClO2/c7-5-3-4(8)1-2-6(5)9/h1-2,8-9H. The zero-order valence-corrected chi connectivity index (χ0v) is 5.18. The minimum absolute atomic E-state index is 0.0370. The van der Waals surface area contributed by atoms with Gasteiger partial charge in [-0.25, -0.2) is 0 Å². The van der Waals surface area contributed by atoms with Crippen LogP contribution in [0.3, 0.4) is 0 Å². The molecule has 2 N–H and O–H groups in total. The minimum atomic E-state index is -0.0746. The normalized spacial score (nSPS) is 9.44. The van der Waals surface area contributed by atoms with E-state index in [9.17, 15) is 0 Å². The third-order valence-corrected chi connectivity index (χ3v) is 1.15. The molecule has 0 saturated heterocycles. The molecule has 0 aliphatic heterocycles. The van der Waals surface area contributed by atoms with Gasteiger partial charge in [-0.05, 0) is 12.1 Å². The van der Waals surface area contributed by atoms with E-state index in [-0.39, 0.29) is 16.5 Å². The summed E-state index contributed by atoms with van der Waals surface area (Å²) in [6.45, 7) is 0. The number of phenols is 2. The average molecular weight is 144 g/mol. The molecule has 1 rings (SSSR count). The Labute approximate surface area is 57.3 Å². The zero-order valence-electron chi connectivity index (χ0n) is 4.43. The lowest BCUT2D eigenvalue weighted by Crippen LogP contribution is -1.67. The van der Waals surface area contributed by atoms with Crippen molar-refractivity contribution in [3.63, 3.8) is 0 Å². The number of aromatic hydroxyl groups is 2. The van der Waals surface area contributed by atoms with Crippen LogP contribution in [0.25, 0.3) is 0 Å². The summed E-state index contributed by atoms with van der Waals surface area (Å²) in [6.07, 6.45) is 0. The fraction of sp³-hybridized carbons (Fsp3) is 0. The van der Waals surface area contributed by atoms with E-state index in [1.165, 1.54) is 12.1 Å². The third-order valence-electron chi connectivity index (χ3n) is 0.862. The van der Waals surface area contributed by atoms with Crippen LogP contribution < -0.4 is 0 Å². The molecule has 0 bridgehead atoms. The predicted molar refractivity (Wildman–Crippen MR) is 33.6 cm³/mol. The molecule has 0 aromatic heterocycles. The SMILES string of the molecule is Oc1[c]c(Cl)c(O)cc1. The van der Waals surface area contributed by atoms with Crippen LogP contribution in [0, 0.1) is 6.07 Å². The lowest BCUT2D eigenvalue weighted by atomic mass is 10.3. The number of benzene rings is 1. The second-order valence-electron chi connectivity index (χ2n) is 1.54. The van der Waals surface area contributed by atoms with Crippen LogP contribution in [0.5, 0.6) is 11.5 Å². The fourth-order valence-corrected chi connectivity index (χ4v) is 0.609. The lowest BCUT2D eigenvalue weighted by Gasteiger charge is -1.93. The van der Waals surface area contributed by atoms with E-state index in [1.807, 2.05) is 0 Å². The van der Waals surface area contributed by atoms with Gasteiger partial charge >= 0.3 is 0 Å². The van der Waals surface area contributed by atoms with Gasteiger partial charge in [-0.1, -0.05) is 11.6 Å². The Morgan fingerprint density at radius 2 is 2.00 bits per heavy atom. The Hall–Kier alpha value is -0.890. The highest BCUT2D eigenvalue weighted by Gasteiger charge is 1.96. The Kier molecular flexibility index (Phi) is 1.49. The van der Waals surface area contributed by atoms with Crippen molar-refractivity contribution in [2.24, 2.45) is 0 Å². The molecule has 0 heterocycles. The van der Waals surface area contributed by atoms with Gasteiger partial charge in [-0.2, -0.15) is 0 Å². The maximum Gasteiger partial charge on any atom is 0.135 e. The molecule has 0 spiro atoms. The second kappa shape index (κ2) is 2.15. The van der Waals surface area contributed by atoms with E-state index in [2.05, 4.69) is 6.07 Å². The fourth-order valence-electron chi connectivity index (χ4n) is 0.449. The molecule has 0 fully saturated rings. The predicted octanol–water partition coefficient (Wildman–Crippen LogP) is 1.55. The molecule has 0 saturated carbocycles. The van der Waals surface area contributed by atoms with Crippen LogP contribution in [-0.4, -0.2) is 10.2 Å². The largest absolute Gasteiger partial charge is 0.507 e. The van der Waals surface area contributed by atoms with Gasteiger partial charge in [-0.15, -0.1) is 0 Å². The van der Waals surface area contributed by atoms with Gasteiger partial charge in [-0.3, -0.25) is 0 Å². The maximum absolute atomic E-state index is 8.77. The molecule has 0 aliphatic carbocycles. The van der Waals surface area contributed by atoms with Crippen LogP contribution in [0.1, 0.15) is 0 Å². The van der Waals surface area contributed by atoms with Crippen molar-refractivity contribution in [1.29, 1.82) is 0 Å². The first-order valence-corrected chi connectivity index (χ1v) is 2.67. The summed E-state index contributed by atoms with van der Waals surface area (Å²) in [5, 5.41) is 17.5. The molecule has 1 aromatic carbocycles. The van der Waals surface area contributed by atoms with Gasteiger partial charge in [0.05, 0.1) is 11.1 Å². The Morgan fingerprint density at radius 3 is 2.44 bits per heavy atom. The van der Waals surface area contributed by atoms with Crippen LogP contribution in [0.4, 0.5) is 0 Å². The van der Waals surface area contributed by atoms with E-state index in [4.69, 9.17) is 21.8 Å². The van der Waals surface area contributed by atoms with Gasteiger partial charge in [0.15, 0.2) is 0 Å². The van der Waals surface area contributed by atoms with Gasteiger partial charge in [0.25, 0.3) is 0 Å². The second-order valence-corrected chi connectivity index (χ2v) is 1.92. The smallest absolute Gasteiger partial charge is 0.135 e. The molecule has 0 unspecified atom stereocenters. The zero-order chi connectivity index (χ0) is 6.85. The molecular formula is C6H4ClO2. The van der Waals surface area contributed by atoms with E-state index in [1.54, 1.807) is 0 Å². The van der Waals surface area contributed by atoms with Gasteiger partial charge in [0.2, 0.25) is 0 Å². The van der Waals surface area contributed by atoms with Crippen molar-refractivity contribution in [2.75, 3.05) is 0 Å². The first kappa shape index (κ1) is 6.23. The van der Waals surface area contributed by atoms with Crippen molar-refractivity contribution >= 4 is 11.6 Å². The number of phenolic OH excluding ortho intramolecular Hbond substituents is 2. The highest BCUT2D eigenvalue weighted by molar-refractivity contribution is 6.31. The lowest BCUT2D eigenvalue weighted by molar-refractivity contribution is 0.459. The van der Waals surface area contributed by atoms with Gasteiger partial charge < -0.3 is 10.2 Å². The summed E-state index contributed by atoms with van der Waals surface area (Å²) in [6, 6.07) is 4.92. The third kappa shape index (κ3) is 1.27. The van der Waals surface area contributed by atoms with Crippen LogP contribution in [0.15, 0.2) is 12.1 Å². The Morgan fingerprint density at radius 1 is 1.33 bits per heavy atom. The minimum Gasteiger partial charge on any atom is -0.507 e. The molecule has 1 radical (unpaired) electrons. The number of hydrogen-bond acceptors (Lipinski definition) is 2. The topological polar surface area (TPSA) is 40.5 Å². The van der Waals surface area contributed by atoms with Crippen LogP contribution in [-0.2, 0) is 0 Å². The monoisotopic (exact) mass is 143 g/mol. The van der Waals surface area contributed by atoms with Crippen molar-refractivity contribution in [3.05, 3.63) is 23.2 Å². The number of halogens is 1. The van der Waals surface area contributed by atoms with E-state index >= 15 is 0 Å². The van der Waals surface area contributed by atoms with Crippen LogP contribution in [0.2, 0.25) is 5.02 Å². The molecular weight excluding hydrogens is 140 g/mol. The molecule has 0 amide bonds. The molecule has 47 valence electrons. The van der Waals surface area contributed by atoms with Crippen molar-refractivity contribution in [3.8, 4) is 11.5 Å². The van der Waals surface area contributed by atoms with E-state index in [0.29, 0.717) is 0 Å². The summed E-state index contributed by atoms with van der Waals surface area (Å²) in [5.41, 5.74) is 0. The molecule has 0 aliphatic rings. The molecule has 2 nitrogen and oxygen atoms in total. The van der Waals surface area contributed by atoms with Gasteiger partial charge in [0.1, 0.15) is 11.5 Å². The molecule has 9 heavy (non-hydrogen) atoms. The van der Waals surface area contributed by atoms with Crippen molar-refractivity contribution in [1.82, 2.24) is 0 Å². The van der Waals surface area contributed by atoms with Gasteiger partial charge in [0, 0.05) is 0 Å². The number of hydrogen-bond donors (Lipinski definition) is 2. The Balaban J connectivity index is 3.17. The summed E-state index contributed by atoms with van der Waals surface area (Å²) in [4.78, 5) is 0. The summed E-state index contributed by atoms with van der Waals surface area (Å²) in [7, 11) is 0. The molecule has 3 heteroatoms. The first-order valence-electron chi connectivity index (χ1n) is 2.30. The van der Waals surface area contributed by atoms with Crippen molar-refractivity contribution in [2.45, 2.75) is 0 Å². The van der Waals surface area contributed by atoms with Crippen molar-refractivity contribution < 1.29 is 10.2 Å².